The summed E-state index contributed by atoms with van der Waals surface area (Å²) in [5.74, 6) is 0. The molecule has 0 spiro atoms. The lowest BCUT2D eigenvalue weighted by Crippen LogP contribution is -2.89. The SMILES string of the molecule is CN(C(=O)OC(C)(C)C)[C@H]1CCC[NH2+]C1. The zero-order valence-electron chi connectivity index (χ0n) is 10.2. The van der Waals surface area contributed by atoms with Crippen molar-refractivity contribution in [3.63, 3.8) is 0 Å². The van der Waals surface area contributed by atoms with Crippen LogP contribution in [0.5, 0.6) is 0 Å². The van der Waals surface area contributed by atoms with Gasteiger partial charge in [-0.25, -0.2) is 4.79 Å². The quantitative estimate of drug-likeness (QED) is 0.695. The summed E-state index contributed by atoms with van der Waals surface area (Å²) in [5, 5.41) is 2.26. The van der Waals surface area contributed by atoms with Crippen LogP contribution in [0.1, 0.15) is 33.6 Å². The molecule has 2 N–H and O–H groups in total. The summed E-state index contributed by atoms with van der Waals surface area (Å²) in [6, 6.07) is 0.327. The van der Waals surface area contributed by atoms with Crippen molar-refractivity contribution in [2.45, 2.75) is 45.3 Å². The molecule has 0 unspecified atom stereocenters. The fourth-order valence-electron chi connectivity index (χ4n) is 1.76. The number of nitrogens with two attached hydrogens (primary N) is 1. The van der Waals surface area contributed by atoms with Gasteiger partial charge in [-0.1, -0.05) is 0 Å². The minimum Gasteiger partial charge on any atom is -0.444 e. The Morgan fingerprint density at radius 1 is 1.47 bits per heavy atom. The highest BCUT2D eigenvalue weighted by Gasteiger charge is 2.27. The maximum Gasteiger partial charge on any atom is 0.410 e. The van der Waals surface area contributed by atoms with Gasteiger partial charge in [-0.05, 0) is 33.6 Å². The van der Waals surface area contributed by atoms with E-state index in [1.165, 1.54) is 13.0 Å². The van der Waals surface area contributed by atoms with Crippen molar-refractivity contribution in [3.05, 3.63) is 0 Å². The number of hydrogen-bond donors (Lipinski definition) is 1. The fourth-order valence-corrected chi connectivity index (χ4v) is 1.76. The van der Waals surface area contributed by atoms with E-state index in [-0.39, 0.29) is 6.09 Å². The number of carbonyl (C=O) groups excluding carboxylic acids is 1. The monoisotopic (exact) mass is 215 g/mol. The Bertz CT molecular complexity index is 217. The molecule has 0 radical (unpaired) electrons. The highest BCUT2D eigenvalue weighted by atomic mass is 16.6. The van der Waals surface area contributed by atoms with E-state index in [2.05, 4.69) is 5.32 Å². The van der Waals surface area contributed by atoms with Crippen molar-refractivity contribution in [1.29, 1.82) is 0 Å². The molecular formula is C11H23N2O2+. The number of amides is 1. The first-order valence-electron chi connectivity index (χ1n) is 5.67. The van der Waals surface area contributed by atoms with Crippen molar-refractivity contribution < 1.29 is 14.8 Å². The second kappa shape index (κ2) is 4.84. The van der Waals surface area contributed by atoms with E-state index in [0.717, 1.165) is 13.0 Å². The molecule has 0 aromatic heterocycles. The van der Waals surface area contributed by atoms with Gasteiger partial charge in [0.25, 0.3) is 0 Å². The number of nitrogens with zero attached hydrogens (tertiary/aromatic N) is 1. The number of piperidine rings is 1. The van der Waals surface area contributed by atoms with Gasteiger partial charge >= 0.3 is 6.09 Å². The van der Waals surface area contributed by atoms with E-state index >= 15 is 0 Å². The van der Waals surface area contributed by atoms with Crippen LogP contribution in [0.25, 0.3) is 0 Å². The van der Waals surface area contributed by atoms with Crippen LogP contribution < -0.4 is 5.32 Å². The zero-order valence-corrected chi connectivity index (χ0v) is 10.2. The van der Waals surface area contributed by atoms with Crippen LogP contribution in [0, 0.1) is 0 Å². The molecule has 88 valence electrons. The van der Waals surface area contributed by atoms with Crippen molar-refractivity contribution >= 4 is 6.09 Å². The molecule has 1 fully saturated rings. The predicted molar refractivity (Wildman–Crippen MR) is 58.7 cm³/mol. The largest absolute Gasteiger partial charge is 0.444 e. The van der Waals surface area contributed by atoms with Crippen LogP contribution in [0.15, 0.2) is 0 Å². The Morgan fingerprint density at radius 2 is 2.13 bits per heavy atom. The summed E-state index contributed by atoms with van der Waals surface area (Å²) in [7, 11) is 1.83. The minimum atomic E-state index is -0.399. The number of likely N-dealkylation sites (N-methyl/N-ethyl adjacent to an activating group) is 1. The number of hydrogen-bond acceptors (Lipinski definition) is 2. The molecule has 0 saturated carbocycles. The fraction of sp³-hybridized carbons (Fsp3) is 0.909. The van der Waals surface area contributed by atoms with Crippen molar-refractivity contribution in [3.8, 4) is 0 Å². The van der Waals surface area contributed by atoms with Gasteiger partial charge in [0.2, 0.25) is 0 Å². The molecule has 0 aromatic rings. The molecule has 4 nitrogen and oxygen atoms in total. The molecule has 4 heteroatoms. The van der Waals surface area contributed by atoms with E-state index in [1.807, 2.05) is 27.8 Å². The lowest BCUT2D eigenvalue weighted by Gasteiger charge is -2.31. The first kappa shape index (κ1) is 12.3. The van der Waals surface area contributed by atoms with E-state index in [1.54, 1.807) is 4.90 Å². The van der Waals surface area contributed by atoms with Crippen LogP contribution in [-0.4, -0.2) is 42.8 Å². The molecule has 1 heterocycles. The molecule has 1 saturated heterocycles. The summed E-state index contributed by atoms with van der Waals surface area (Å²) in [6.45, 7) is 7.86. The average Bonchev–Trinajstić information content (AvgIpc) is 2.15. The van der Waals surface area contributed by atoms with E-state index < -0.39 is 5.60 Å². The van der Waals surface area contributed by atoms with Gasteiger partial charge in [-0.15, -0.1) is 0 Å². The summed E-state index contributed by atoms with van der Waals surface area (Å²) >= 11 is 0. The Labute approximate surface area is 92.0 Å². The number of carbonyl (C=O) groups is 1. The first-order chi connectivity index (χ1) is 6.90. The molecule has 1 aliphatic rings. The van der Waals surface area contributed by atoms with E-state index in [4.69, 9.17) is 4.74 Å². The van der Waals surface area contributed by atoms with Crippen molar-refractivity contribution in [1.82, 2.24) is 4.90 Å². The normalized spacial score (nSPS) is 22.3. The molecule has 0 aromatic carbocycles. The number of ether oxygens (including phenoxy) is 1. The van der Waals surface area contributed by atoms with Gasteiger partial charge in [0.15, 0.2) is 0 Å². The maximum atomic E-state index is 11.7. The Hall–Kier alpha value is -0.770. The third-order valence-electron chi connectivity index (χ3n) is 2.61. The second-order valence-corrected chi connectivity index (χ2v) is 5.20. The van der Waals surface area contributed by atoms with Gasteiger partial charge in [-0.2, -0.15) is 0 Å². The van der Waals surface area contributed by atoms with Crippen LogP contribution in [0.3, 0.4) is 0 Å². The van der Waals surface area contributed by atoms with Crippen molar-refractivity contribution in [2.75, 3.05) is 20.1 Å². The third-order valence-corrected chi connectivity index (χ3v) is 2.61. The van der Waals surface area contributed by atoms with Crippen molar-refractivity contribution in [2.24, 2.45) is 0 Å². The van der Waals surface area contributed by atoms with Crippen LogP contribution >= 0.6 is 0 Å². The van der Waals surface area contributed by atoms with Gasteiger partial charge < -0.3 is 15.0 Å². The van der Waals surface area contributed by atoms with Gasteiger partial charge in [0.1, 0.15) is 5.60 Å². The molecule has 1 aliphatic heterocycles. The molecule has 1 rings (SSSR count). The smallest absolute Gasteiger partial charge is 0.410 e. The first-order valence-corrected chi connectivity index (χ1v) is 5.67. The Kier molecular flexibility index (Phi) is 3.97. The Balaban J connectivity index is 2.44. The van der Waals surface area contributed by atoms with E-state index in [0.29, 0.717) is 6.04 Å². The lowest BCUT2D eigenvalue weighted by atomic mass is 10.1. The summed E-state index contributed by atoms with van der Waals surface area (Å²) in [6.07, 6.45) is 2.06. The van der Waals surface area contributed by atoms with Crippen LogP contribution in [0.4, 0.5) is 4.79 Å². The second-order valence-electron chi connectivity index (χ2n) is 5.20. The van der Waals surface area contributed by atoms with Gasteiger partial charge in [0.05, 0.1) is 19.1 Å². The predicted octanol–water partition coefficient (Wildman–Crippen LogP) is 0.579. The zero-order chi connectivity index (χ0) is 11.5. The van der Waals surface area contributed by atoms with Crippen LogP contribution in [0.2, 0.25) is 0 Å². The van der Waals surface area contributed by atoms with Gasteiger partial charge in [0, 0.05) is 7.05 Å². The average molecular weight is 215 g/mol. The lowest BCUT2D eigenvalue weighted by molar-refractivity contribution is -0.666. The number of quaternary nitrogens is 1. The van der Waals surface area contributed by atoms with Crippen LogP contribution in [-0.2, 0) is 4.74 Å². The summed E-state index contributed by atoms with van der Waals surface area (Å²) in [5.41, 5.74) is -0.399. The third kappa shape index (κ3) is 4.08. The van der Waals surface area contributed by atoms with E-state index in [9.17, 15) is 4.79 Å². The molecule has 0 aliphatic carbocycles. The molecule has 0 bridgehead atoms. The molecule has 1 atom stereocenters. The minimum absolute atomic E-state index is 0.206. The summed E-state index contributed by atoms with van der Waals surface area (Å²) < 4.78 is 5.33. The highest BCUT2D eigenvalue weighted by Crippen LogP contribution is 2.12. The Morgan fingerprint density at radius 3 is 2.60 bits per heavy atom. The summed E-state index contributed by atoms with van der Waals surface area (Å²) in [4.78, 5) is 13.5. The molecule has 1 amide bonds. The molecular weight excluding hydrogens is 192 g/mol. The standard InChI is InChI=1S/C11H22N2O2/c1-11(2,3)15-10(14)13(4)9-6-5-7-12-8-9/h9,12H,5-8H2,1-4H3/p+1/t9-/m0/s1. The number of rotatable bonds is 1. The van der Waals surface area contributed by atoms with Gasteiger partial charge in [-0.3, -0.25) is 0 Å². The molecule has 15 heavy (non-hydrogen) atoms. The highest BCUT2D eigenvalue weighted by molar-refractivity contribution is 5.68. The topological polar surface area (TPSA) is 46.2 Å². The maximum absolute atomic E-state index is 11.7.